The average molecular weight is 252 g/mol. The zero-order valence-electron chi connectivity index (χ0n) is 10.1. The van der Waals surface area contributed by atoms with E-state index >= 15 is 0 Å². The zero-order valence-corrected chi connectivity index (χ0v) is 10.9. The lowest BCUT2D eigenvalue weighted by atomic mass is 9.89. The maximum Gasteiger partial charge on any atom is 0.132 e. The molecule has 2 atom stereocenters. The van der Waals surface area contributed by atoms with Crippen molar-refractivity contribution in [2.24, 2.45) is 5.92 Å². The fraction of sp³-hybridized carbons (Fsp3) is 0.615. The summed E-state index contributed by atoms with van der Waals surface area (Å²) < 4.78 is 0. The Bertz CT molecular complexity index is 421. The lowest BCUT2D eigenvalue weighted by molar-refractivity contribution is 0.234. The second-order valence-electron chi connectivity index (χ2n) is 5.16. The van der Waals surface area contributed by atoms with Crippen LogP contribution in [0.25, 0.3) is 0 Å². The highest BCUT2D eigenvalue weighted by molar-refractivity contribution is 6.30. The number of hydrogen-bond donors (Lipinski definition) is 1. The average Bonchev–Trinajstić information content (AvgIpc) is 2.43. The van der Waals surface area contributed by atoms with E-state index in [4.69, 9.17) is 11.6 Å². The number of rotatable bonds is 1. The predicted molar refractivity (Wildman–Crippen MR) is 70.7 cm³/mol. The van der Waals surface area contributed by atoms with Crippen LogP contribution in [0.2, 0.25) is 5.15 Å². The monoisotopic (exact) mass is 251 g/mol. The third-order valence-electron chi connectivity index (χ3n) is 4.00. The van der Waals surface area contributed by atoms with Crippen LogP contribution in [0.4, 0.5) is 5.69 Å². The van der Waals surface area contributed by atoms with Gasteiger partial charge in [-0.1, -0.05) is 11.6 Å². The summed E-state index contributed by atoms with van der Waals surface area (Å²) in [6.45, 7) is 5.46. The first kappa shape index (κ1) is 11.3. The summed E-state index contributed by atoms with van der Waals surface area (Å²) in [5, 5.41) is 4.14. The fourth-order valence-corrected chi connectivity index (χ4v) is 2.90. The molecule has 2 saturated heterocycles. The summed E-state index contributed by atoms with van der Waals surface area (Å²) in [6, 6.07) is 2.82. The first-order valence-corrected chi connectivity index (χ1v) is 6.72. The Balaban J connectivity index is 1.80. The number of nitrogens with one attached hydrogen (secondary N) is 1. The molecule has 0 amide bonds. The number of hydrogen-bond acceptors (Lipinski definition) is 3. The molecule has 3 heterocycles. The lowest BCUT2D eigenvalue weighted by Gasteiger charge is -2.38. The van der Waals surface area contributed by atoms with E-state index in [1.807, 2.05) is 13.1 Å². The second-order valence-corrected chi connectivity index (χ2v) is 5.52. The lowest BCUT2D eigenvalue weighted by Crippen LogP contribution is -2.56. The summed E-state index contributed by atoms with van der Waals surface area (Å²) >= 11 is 5.97. The molecule has 1 aromatic rings. The van der Waals surface area contributed by atoms with E-state index in [-0.39, 0.29) is 0 Å². The molecular weight excluding hydrogens is 234 g/mol. The van der Waals surface area contributed by atoms with Crippen LogP contribution in [0.15, 0.2) is 12.3 Å². The molecule has 3 rings (SSSR count). The maximum absolute atomic E-state index is 5.97. The Morgan fingerprint density at radius 2 is 2.41 bits per heavy atom. The molecule has 2 fully saturated rings. The molecule has 1 N–H and O–H groups in total. The van der Waals surface area contributed by atoms with Crippen molar-refractivity contribution in [3.8, 4) is 0 Å². The van der Waals surface area contributed by atoms with E-state index in [2.05, 4.69) is 21.3 Å². The maximum atomic E-state index is 5.97. The van der Waals surface area contributed by atoms with Gasteiger partial charge in [-0.3, -0.25) is 0 Å². The number of aromatic nitrogens is 1. The van der Waals surface area contributed by atoms with Crippen LogP contribution < -0.4 is 10.2 Å². The summed E-state index contributed by atoms with van der Waals surface area (Å²) in [4.78, 5) is 6.69. The highest BCUT2D eigenvalue weighted by atomic mass is 35.5. The van der Waals surface area contributed by atoms with Crippen LogP contribution >= 0.6 is 11.6 Å². The highest BCUT2D eigenvalue weighted by Gasteiger charge is 2.33. The van der Waals surface area contributed by atoms with Crippen molar-refractivity contribution in [3.05, 3.63) is 23.0 Å². The van der Waals surface area contributed by atoms with Crippen molar-refractivity contribution in [1.29, 1.82) is 0 Å². The number of pyridine rings is 1. The SMILES string of the molecule is Cc1cc(N2CCCC3CNC3C2)cnc1Cl. The fourth-order valence-electron chi connectivity index (χ4n) is 2.79. The molecule has 0 bridgehead atoms. The largest absolute Gasteiger partial charge is 0.369 e. The number of fused-ring (bicyclic) bond motifs is 1. The van der Waals surface area contributed by atoms with Crippen LogP contribution in [0.3, 0.4) is 0 Å². The highest BCUT2D eigenvalue weighted by Crippen LogP contribution is 2.28. The van der Waals surface area contributed by atoms with Gasteiger partial charge in [-0.15, -0.1) is 0 Å². The summed E-state index contributed by atoms with van der Waals surface area (Å²) in [5.41, 5.74) is 2.27. The minimum absolute atomic E-state index is 0.614. The van der Waals surface area contributed by atoms with Gasteiger partial charge in [0, 0.05) is 19.1 Å². The van der Waals surface area contributed by atoms with Crippen molar-refractivity contribution < 1.29 is 0 Å². The molecule has 2 aliphatic heterocycles. The van der Waals surface area contributed by atoms with Gasteiger partial charge >= 0.3 is 0 Å². The normalized spacial score (nSPS) is 28.2. The van der Waals surface area contributed by atoms with Gasteiger partial charge < -0.3 is 10.2 Å². The van der Waals surface area contributed by atoms with Crippen molar-refractivity contribution >= 4 is 17.3 Å². The third-order valence-corrected chi connectivity index (χ3v) is 4.39. The van der Waals surface area contributed by atoms with Crippen molar-refractivity contribution in [3.63, 3.8) is 0 Å². The van der Waals surface area contributed by atoms with Gasteiger partial charge in [0.25, 0.3) is 0 Å². The predicted octanol–water partition coefficient (Wildman–Crippen LogP) is 2.23. The quantitative estimate of drug-likeness (QED) is 0.776. The molecule has 3 nitrogen and oxygen atoms in total. The number of anilines is 1. The molecule has 92 valence electrons. The van der Waals surface area contributed by atoms with Crippen molar-refractivity contribution in [2.75, 3.05) is 24.5 Å². The Kier molecular flexibility index (Phi) is 2.97. The molecule has 2 unspecified atom stereocenters. The van der Waals surface area contributed by atoms with Crippen LogP contribution in [0.5, 0.6) is 0 Å². The van der Waals surface area contributed by atoms with E-state index in [9.17, 15) is 0 Å². The molecule has 1 aromatic heterocycles. The van der Waals surface area contributed by atoms with Gasteiger partial charge in [0.15, 0.2) is 0 Å². The van der Waals surface area contributed by atoms with Crippen LogP contribution in [-0.4, -0.2) is 30.7 Å². The molecule has 17 heavy (non-hydrogen) atoms. The second kappa shape index (κ2) is 4.46. The third kappa shape index (κ3) is 2.14. The van der Waals surface area contributed by atoms with Crippen molar-refractivity contribution in [2.45, 2.75) is 25.8 Å². The molecule has 0 radical (unpaired) electrons. The Hall–Kier alpha value is -0.800. The van der Waals surface area contributed by atoms with E-state index in [0.29, 0.717) is 11.2 Å². The molecule has 0 spiro atoms. The van der Waals surface area contributed by atoms with Gasteiger partial charge in [-0.2, -0.15) is 0 Å². The van der Waals surface area contributed by atoms with Gasteiger partial charge in [0.05, 0.1) is 11.9 Å². The first-order chi connectivity index (χ1) is 8.24. The number of halogens is 1. The number of aryl methyl sites for hydroxylation is 1. The molecule has 0 saturated carbocycles. The topological polar surface area (TPSA) is 28.2 Å². The van der Waals surface area contributed by atoms with Crippen LogP contribution in [-0.2, 0) is 0 Å². The minimum Gasteiger partial charge on any atom is -0.369 e. The molecular formula is C13H18ClN3. The van der Waals surface area contributed by atoms with Gasteiger partial charge in [-0.25, -0.2) is 4.98 Å². The summed E-state index contributed by atoms with van der Waals surface area (Å²) in [5.74, 6) is 0.890. The van der Waals surface area contributed by atoms with Gasteiger partial charge in [0.1, 0.15) is 5.15 Å². The molecule has 2 aliphatic rings. The molecule has 4 heteroatoms. The van der Waals surface area contributed by atoms with Crippen LogP contribution in [0, 0.1) is 12.8 Å². The summed E-state index contributed by atoms with van der Waals surface area (Å²) in [6.07, 6.45) is 4.53. The van der Waals surface area contributed by atoms with E-state index in [0.717, 1.165) is 24.6 Å². The van der Waals surface area contributed by atoms with E-state index < -0.39 is 0 Å². The summed E-state index contributed by atoms with van der Waals surface area (Å²) in [7, 11) is 0. The number of nitrogens with zero attached hydrogens (tertiary/aromatic N) is 2. The van der Waals surface area contributed by atoms with E-state index in [1.54, 1.807) is 0 Å². The van der Waals surface area contributed by atoms with Gasteiger partial charge in [0.2, 0.25) is 0 Å². The Morgan fingerprint density at radius 3 is 3.12 bits per heavy atom. The Morgan fingerprint density at radius 1 is 1.53 bits per heavy atom. The molecule has 0 aliphatic carbocycles. The van der Waals surface area contributed by atoms with Crippen molar-refractivity contribution in [1.82, 2.24) is 10.3 Å². The standard InChI is InChI=1S/C13H18ClN3/c1-9-5-11(7-16-13(9)14)17-4-2-3-10-6-15-12(10)8-17/h5,7,10,12,15H,2-4,6,8H2,1H3. The first-order valence-electron chi connectivity index (χ1n) is 6.34. The van der Waals surface area contributed by atoms with E-state index in [1.165, 1.54) is 25.1 Å². The molecule has 0 aromatic carbocycles. The minimum atomic E-state index is 0.614. The van der Waals surface area contributed by atoms with Crippen LogP contribution in [0.1, 0.15) is 18.4 Å². The Labute approximate surface area is 107 Å². The smallest absolute Gasteiger partial charge is 0.132 e. The zero-order chi connectivity index (χ0) is 11.8. The van der Waals surface area contributed by atoms with Gasteiger partial charge in [-0.05, 0) is 43.9 Å².